The molecule has 2 rings (SSSR count). The maximum atomic E-state index is 13.4. The van der Waals surface area contributed by atoms with E-state index in [4.69, 9.17) is 11.6 Å². The van der Waals surface area contributed by atoms with Crippen molar-refractivity contribution in [2.45, 2.75) is 13.0 Å². The largest absolute Gasteiger partial charge is 0.320 e. The summed E-state index contributed by atoms with van der Waals surface area (Å²) in [5.74, 6) is -2.13. The van der Waals surface area contributed by atoms with E-state index in [1.165, 1.54) is 17.4 Å². The van der Waals surface area contributed by atoms with Crippen molar-refractivity contribution in [3.05, 3.63) is 51.2 Å². The Hall–Kier alpha value is -1.50. The molecular formula is C14H13ClF2N2OS. The highest BCUT2D eigenvalue weighted by molar-refractivity contribution is 7.16. The van der Waals surface area contributed by atoms with Crippen LogP contribution >= 0.6 is 22.9 Å². The molecule has 1 heterocycles. The second kappa shape index (κ2) is 6.98. The number of hydrogen-bond acceptors (Lipinski definition) is 3. The molecule has 1 unspecified atom stereocenters. The van der Waals surface area contributed by atoms with Crippen molar-refractivity contribution in [3.8, 4) is 0 Å². The molecule has 0 spiro atoms. The summed E-state index contributed by atoms with van der Waals surface area (Å²) in [5, 5.41) is 5.18. The van der Waals surface area contributed by atoms with Gasteiger partial charge in [0.05, 0.1) is 10.9 Å². The fourth-order valence-electron chi connectivity index (χ4n) is 1.71. The molecule has 1 amide bonds. The Kier molecular flexibility index (Phi) is 5.27. The van der Waals surface area contributed by atoms with Crippen LogP contribution in [0, 0.1) is 11.6 Å². The van der Waals surface area contributed by atoms with Crippen LogP contribution in [-0.4, -0.2) is 12.5 Å². The summed E-state index contributed by atoms with van der Waals surface area (Å²) in [6.45, 7) is 1.81. The summed E-state index contributed by atoms with van der Waals surface area (Å²) in [6.07, 6.45) is 0. The van der Waals surface area contributed by atoms with Crippen LogP contribution in [-0.2, 0) is 4.79 Å². The first-order valence-corrected chi connectivity index (χ1v) is 7.39. The molecule has 1 atom stereocenters. The van der Waals surface area contributed by atoms with Crippen LogP contribution in [0.15, 0.2) is 30.3 Å². The van der Waals surface area contributed by atoms with Crippen molar-refractivity contribution in [1.82, 2.24) is 5.32 Å². The van der Waals surface area contributed by atoms with Gasteiger partial charge in [-0.05, 0) is 31.2 Å². The summed E-state index contributed by atoms with van der Waals surface area (Å²) in [6, 6.07) is 6.96. The van der Waals surface area contributed by atoms with Gasteiger partial charge in [0.2, 0.25) is 5.91 Å². The number of rotatable bonds is 5. The van der Waals surface area contributed by atoms with Gasteiger partial charge in [0.25, 0.3) is 0 Å². The fraction of sp³-hybridized carbons (Fsp3) is 0.214. The Morgan fingerprint density at radius 2 is 1.95 bits per heavy atom. The van der Waals surface area contributed by atoms with Gasteiger partial charge in [-0.3, -0.25) is 4.79 Å². The van der Waals surface area contributed by atoms with E-state index >= 15 is 0 Å². The molecule has 0 fully saturated rings. The molecule has 0 bridgehead atoms. The molecule has 1 aromatic carbocycles. The second-order valence-electron chi connectivity index (χ2n) is 4.39. The van der Waals surface area contributed by atoms with Crippen LogP contribution in [0.3, 0.4) is 0 Å². The molecule has 0 aliphatic heterocycles. The Morgan fingerprint density at radius 1 is 1.29 bits per heavy atom. The quantitative estimate of drug-likeness (QED) is 0.871. The lowest BCUT2D eigenvalue weighted by Crippen LogP contribution is -2.30. The van der Waals surface area contributed by atoms with Gasteiger partial charge in [0.15, 0.2) is 0 Å². The lowest BCUT2D eigenvalue weighted by atomic mass is 10.2. The first kappa shape index (κ1) is 15.9. The van der Waals surface area contributed by atoms with Gasteiger partial charge < -0.3 is 10.6 Å². The number of amides is 1. The molecule has 7 heteroatoms. The zero-order valence-electron chi connectivity index (χ0n) is 11.1. The first-order chi connectivity index (χ1) is 9.97. The Bertz CT molecular complexity index is 627. The van der Waals surface area contributed by atoms with Gasteiger partial charge in [-0.1, -0.05) is 17.7 Å². The number of nitrogens with one attached hydrogen (secondary N) is 2. The van der Waals surface area contributed by atoms with Gasteiger partial charge in [0, 0.05) is 10.9 Å². The van der Waals surface area contributed by atoms with Crippen LogP contribution in [0.25, 0.3) is 0 Å². The molecular weight excluding hydrogens is 318 g/mol. The third-order valence-electron chi connectivity index (χ3n) is 2.82. The summed E-state index contributed by atoms with van der Waals surface area (Å²) < 4.78 is 27.4. The van der Waals surface area contributed by atoms with Crippen LogP contribution < -0.4 is 10.6 Å². The zero-order valence-corrected chi connectivity index (χ0v) is 12.7. The smallest absolute Gasteiger partial charge is 0.238 e. The minimum absolute atomic E-state index is 0.0650. The summed E-state index contributed by atoms with van der Waals surface area (Å²) in [7, 11) is 0. The number of halogens is 3. The molecule has 3 nitrogen and oxygen atoms in total. The zero-order chi connectivity index (χ0) is 15.4. The van der Waals surface area contributed by atoms with Crippen LogP contribution in [0.2, 0.25) is 4.34 Å². The minimum atomic E-state index is -0.804. The van der Waals surface area contributed by atoms with Gasteiger partial charge in [-0.25, -0.2) is 8.78 Å². The van der Waals surface area contributed by atoms with Crippen molar-refractivity contribution >= 4 is 34.5 Å². The second-order valence-corrected chi connectivity index (χ2v) is 6.14. The predicted octanol–water partition coefficient (Wildman–Crippen LogP) is 3.97. The van der Waals surface area contributed by atoms with Crippen molar-refractivity contribution in [2.75, 3.05) is 11.9 Å². The third-order valence-corrected chi connectivity index (χ3v) is 4.23. The summed E-state index contributed by atoms with van der Waals surface area (Å²) in [5.41, 5.74) is -0.434. The van der Waals surface area contributed by atoms with E-state index < -0.39 is 23.2 Å². The topological polar surface area (TPSA) is 41.1 Å². The Labute approximate surface area is 129 Å². The molecule has 21 heavy (non-hydrogen) atoms. The number of para-hydroxylation sites is 1. The van der Waals surface area contributed by atoms with Gasteiger partial charge in [0.1, 0.15) is 17.3 Å². The highest BCUT2D eigenvalue weighted by Gasteiger charge is 2.13. The van der Waals surface area contributed by atoms with Crippen molar-refractivity contribution in [3.63, 3.8) is 0 Å². The van der Waals surface area contributed by atoms with Crippen LogP contribution in [0.1, 0.15) is 17.8 Å². The molecule has 2 N–H and O–H groups in total. The Balaban J connectivity index is 1.90. The van der Waals surface area contributed by atoms with Crippen LogP contribution in [0.4, 0.5) is 14.5 Å². The maximum absolute atomic E-state index is 13.4. The monoisotopic (exact) mass is 330 g/mol. The summed E-state index contributed by atoms with van der Waals surface area (Å²) in [4.78, 5) is 12.7. The number of anilines is 1. The molecule has 0 aliphatic rings. The SMILES string of the molecule is CC(NCC(=O)Nc1c(F)cccc1F)c1ccc(Cl)s1. The molecule has 0 saturated heterocycles. The third kappa shape index (κ3) is 4.23. The van der Waals surface area contributed by atoms with Gasteiger partial charge in [-0.2, -0.15) is 0 Å². The number of carbonyl (C=O) groups excluding carboxylic acids is 1. The number of carbonyl (C=O) groups is 1. The normalized spacial score (nSPS) is 12.2. The van der Waals surface area contributed by atoms with Crippen molar-refractivity contribution in [2.24, 2.45) is 0 Å². The van der Waals surface area contributed by atoms with Gasteiger partial charge >= 0.3 is 0 Å². The number of hydrogen-bond donors (Lipinski definition) is 2. The van der Waals surface area contributed by atoms with Gasteiger partial charge in [-0.15, -0.1) is 11.3 Å². The molecule has 1 aromatic heterocycles. The number of benzene rings is 1. The predicted molar refractivity (Wildman–Crippen MR) is 80.7 cm³/mol. The lowest BCUT2D eigenvalue weighted by molar-refractivity contribution is -0.115. The van der Waals surface area contributed by atoms with Crippen molar-refractivity contribution in [1.29, 1.82) is 0 Å². The average molecular weight is 331 g/mol. The lowest BCUT2D eigenvalue weighted by Gasteiger charge is -2.12. The fourth-order valence-corrected chi connectivity index (χ4v) is 2.80. The first-order valence-electron chi connectivity index (χ1n) is 6.20. The Morgan fingerprint density at radius 3 is 2.52 bits per heavy atom. The standard InChI is InChI=1S/C14H13ClF2N2OS/c1-8(11-5-6-12(15)21-11)18-7-13(20)19-14-9(16)3-2-4-10(14)17/h2-6,8,18H,7H2,1H3,(H,19,20). The van der Waals surface area contributed by atoms with E-state index in [1.54, 1.807) is 6.07 Å². The molecule has 0 aliphatic carbocycles. The highest BCUT2D eigenvalue weighted by atomic mass is 35.5. The highest BCUT2D eigenvalue weighted by Crippen LogP contribution is 2.26. The van der Waals surface area contributed by atoms with E-state index in [0.717, 1.165) is 17.0 Å². The maximum Gasteiger partial charge on any atom is 0.238 e. The van der Waals surface area contributed by atoms with Crippen LogP contribution in [0.5, 0.6) is 0 Å². The molecule has 112 valence electrons. The van der Waals surface area contributed by atoms with E-state index in [9.17, 15) is 13.6 Å². The molecule has 2 aromatic rings. The molecule has 0 saturated carbocycles. The minimum Gasteiger partial charge on any atom is -0.320 e. The van der Waals surface area contributed by atoms with E-state index in [-0.39, 0.29) is 12.6 Å². The van der Waals surface area contributed by atoms with E-state index in [0.29, 0.717) is 4.34 Å². The van der Waals surface area contributed by atoms with Crippen molar-refractivity contribution < 1.29 is 13.6 Å². The number of thiophene rings is 1. The van der Waals surface area contributed by atoms with E-state index in [1.807, 2.05) is 13.0 Å². The van der Waals surface area contributed by atoms with E-state index in [2.05, 4.69) is 10.6 Å². The summed E-state index contributed by atoms with van der Waals surface area (Å²) >= 11 is 7.25. The molecule has 0 radical (unpaired) electrons. The average Bonchev–Trinajstić information content (AvgIpc) is 2.87.